The summed E-state index contributed by atoms with van der Waals surface area (Å²) in [6.07, 6.45) is 5.03. The van der Waals surface area contributed by atoms with Crippen LogP contribution >= 0.6 is 0 Å². The normalized spacial score (nSPS) is 10.8. The van der Waals surface area contributed by atoms with E-state index >= 15 is 0 Å². The summed E-state index contributed by atoms with van der Waals surface area (Å²) >= 11 is 0. The number of benzene rings is 1. The lowest BCUT2D eigenvalue weighted by molar-refractivity contribution is -0.118. The van der Waals surface area contributed by atoms with Gasteiger partial charge in [0, 0.05) is 19.5 Å². The molecule has 0 spiro atoms. The first kappa shape index (κ1) is 24.2. The number of aryl methyl sites for hydroxylation is 1. The molecule has 1 aromatic heterocycles. The van der Waals surface area contributed by atoms with E-state index in [1.54, 1.807) is 7.11 Å². The largest absolute Gasteiger partial charge is 0.497 e. The molecule has 0 aliphatic heterocycles. The van der Waals surface area contributed by atoms with E-state index in [0.29, 0.717) is 19.5 Å². The van der Waals surface area contributed by atoms with Gasteiger partial charge in [0.1, 0.15) is 11.6 Å². The number of ether oxygens (including phenoxy) is 1. The van der Waals surface area contributed by atoms with E-state index in [2.05, 4.69) is 11.9 Å². The molecule has 170 valence electrons. The fourth-order valence-corrected chi connectivity index (χ4v) is 3.44. The molecule has 0 unspecified atom stereocenters. The lowest BCUT2D eigenvalue weighted by Crippen LogP contribution is -2.41. The van der Waals surface area contributed by atoms with Crippen LogP contribution in [-0.2, 0) is 17.8 Å². The third-order valence-corrected chi connectivity index (χ3v) is 5.29. The molecule has 1 aromatic carbocycles. The van der Waals surface area contributed by atoms with Gasteiger partial charge in [-0.3, -0.25) is 19.1 Å². The minimum Gasteiger partial charge on any atom is -0.497 e. The van der Waals surface area contributed by atoms with Crippen molar-refractivity contribution >= 4 is 17.4 Å². The highest BCUT2D eigenvalue weighted by Crippen LogP contribution is 2.20. The smallest absolute Gasteiger partial charge is 0.330 e. The Hall–Kier alpha value is -3.03. The van der Waals surface area contributed by atoms with Gasteiger partial charge < -0.3 is 15.4 Å². The average molecular weight is 431 g/mol. The zero-order valence-electron chi connectivity index (χ0n) is 18.8. The summed E-state index contributed by atoms with van der Waals surface area (Å²) in [5.41, 5.74) is 6.15. The molecule has 0 aliphatic carbocycles. The zero-order valence-corrected chi connectivity index (χ0v) is 18.8. The topological polar surface area (TPSA) is 110 Å². The van der Waals surface area contributed by atoms with Crippen LogP contribution in [0.25, 0.3) is 0 Å². The third kappa shape index (κ3) is 6.47. The van der Waals surface area contributed by atoms with Gasteiger partial charge in [0.15, 0.2) is 5.69 Å². The number of aromatic amines is 1. The van der Waals surface area contributed by atoms with Gasteiger partial charge in [0.25, 0.3) is 5.56 Å². The first-order chi connectivity index (χ1) is 14.9. The van der Waals surface area contributed by atoms with Gasteiger partial charge in [-0.15, -0.1) is 0 Å². The molecule has 1 heterocycles. The molecule has 8 nitrogen and oxygen atoms in total. The molecule has 0 radical (unpaired) electrons. The molecule has 2 aromatic rings. The molecule has 8 heteroatoms. The predicted molar refractivity (Wildman–Crippen MR) is 124 cm³/mol. The van der Waals surface area contributed by atoms with Crippen LogP contribution in [0.5, 0.6) is 5.75 Å². The molecule has 0 fully saturated rings. The van der Waals surface area contributed by atoms with E-state index in [0.717, 1.165) is 43.4 Å². The maximum Gasteiger partial charge on any atom is 0.330 e. The summed E-state index contributed by atoms with van der Waals surface area (Å²) in [6.45, 7) is 4.86. The van der Waals surface area contributed by atoms with Crippen LogP contribution in [0, 0.1) is 0 Å². The fraction of sp³-hybridized carbons (Fsp3) is 0.522. The van der Waals surface area contributed by atoms with Crippen molar-refractivity contribution in [1.82, 2.24) is 9.55 Å². The van der Waals surface area contributed by atoms with Crippen LogP contribution < -0.4 is 26.6 Å². The Bertz CT molecular complexity index is 963. The first-order valence-electron chi connectivity index (χ1n) is 11.0. The molecule has 2 rings (SSSR count). The van der Waals surface area contributed by atoms with Gasteiger partial charge in [-0.05, 0) is 37.0 Å². The highest BCUT2D eigenvalue weighted by molar-refractivity contribution is 5.95. The van der Waals surface area contributed by atoms with E-state index in [9.17, 15) is 14.4 Å². The predicted octanol–water partition coefficient (Wildman–Crippen LogP) is 3.08. The standard InChI is InChI=1S/C23H34N4O4/c1-4-6-8-16-26(19(28)14-11-17-9-12-18(31-3)13-10-17)20-21(24)27(15-7-5-2)23(30)25-22(20)29/h9-10,12-13H,4-8,11,14-16,24H2,1-3H3,(H,25,29,30). The van der Waals surface area contributed by atoms with Crippen molar-refractivity contribution in [2.75, 3.05) is 24.3 Å². The molecule has 3 N–H and O–H groups in total. The minimum atomic E-state index is -0.621. The Kier molecular flexibility index (Phi) is 9.37. The number of hydrogen-bond donors (Lipinski definition) is 2. The Balaban J connectivity index is 2.30. The maximum atomic E-state index is 13.2. The Labute approximate surface area is 183 Å². The Morgan fingerprint density at radius 3 is 2.39 bits per heavy atom. The number of aromatic nitrogens is 2. The van der Waals surface area contributed by atoms with E-state index in [-0.39, 0.29) is 23.8 Å². The van der Waals surface area contributed by atoms with E-state index < -0.39 is 11.2 Å². The van der Waals surface area contributed by atoms with Crippen molar-refractivity contribution in [3.8, 4) is 5.75 Å². The van der Waals surface area contributed by atoms with Gasteiger partial charge in [-0.1, -0.05) is 45.2 Å². The molecule has 0 atom stereocenters. The number of amides is 1. The Morgan fingerprint density at radius 2 is 1.77 bits per heavy atom. The van der Waals surface area contributed by atoms with Crippen LogP contribution in [0.4, 0.5) is 11.5 Å². The first-order valence-corrected chi connectivity index (χ1v) is 11.0. The number of nitrogens with two attached hydrogens (primary N) is 1. The lowest BCUT2D eigenvalue weighted by Gasteiger charge is -2.24. The summed E-state index contributed by atoms with van der Waals surface area (Å²) in [5.74, 6) is 0.617. The van der Waals surface area contributed by atoms with Gasteiger partial charge >= 0.3 is 5.69 Å². The van der Waals surface area contributed by atoms with Crippen LogP contribution in [0.3, 0.4) is 0 Å². The molecule has 0 saturated carbocycles. The quantitative estimate of drug-likeness (QED) is 0.503. The second kappa shape index (κ2) is 12.0. The molecule has 31 heavy (non-hydrogen) atoms. The minimum absolute atomic E-state index is 0.0523. The molecule has 0 bridgehead atoms. The number of carbonyl (C=O) groups excluding carboxylic acids is 1. The number of nitrogens with one attached hydrogen (secondary N) is 1. The van der Waals surface area contributed by atoms with Crippen LogP contribution in [0.15, 0.2) is 33.9 Å². The number of carbonyl (C=O) groups is 1. The second-order valence-electron chi connectivity index (χ2n) is 7.60. The third-order valence-electron chi connectivity index (χ3n) is 5.29. The van der Waals surface area contributed by atoms with E-state index in [1.807, 2.05) is 31.2 Å². The molecule has 1 amide bonds. The Morgan fingerprint density at radius 1 is 1.10 bits per heavy atom. The van der Waals surface area contributed by atoms with Gasteiger partial charge in [0.05, 0.1) is 7.11 Å². The second-order valence-corrected chi connectivity index (χ2v) is 7.60. The SMILES string of the molecule is CCCCCN(C(=O)CCc1ccc(OC)cc1)c1c(N)n(CCCC)c(=O)[nH]c1=O. The number of H-pyrrole nitrogens is 1. The number of hydrogen-bond acceptors (Lipinski definition) is 5. The van der Waals surface area contributed by atoms with E-state index in [4.69, 9.17) is 10.5 Å². The number of nitrogen functional groups attached to an aromatic ring is 1. The number of rotatable bonds is 12. The lowest BCUT2D eigenvalue weighted by atomic mass is 10.1. The summed E-state index contributed by atoms with van der Waals surface area (Å²) in [7, 11) is 1.61. The van der Waals surface area contributed by atoms with Crippen molar-refractivity contribution < 1.29 is 9.53 Å². The van der Waals surface area contributed by atoms with E-state index in [1.165, 1.54) is 9.47 Å². The van der Waals surface area contributed by atoms with Crippen molar-refractivity contribution in [3.05, 3.63) is 50.7 Å². The van der Waals surface area contributed by atoms with Crippen molar-refractivity contribution in [2.45, 2.75) is 65.3 Å². The van der Waals surface area contributed by atoms with Crippen LogP contribution in [-0.4, -0.2) is 29.1 Å². The number of anilines is 2. The van der Waals surface area contributed by atoms with Crippen molar-refractivity contribution in [3.63, 3.8) is 0 Å². The molecule has 0 aliphatic rings. The number of nitrogens with zero attached hydrogens (tertiary/aromatic N) is 2. The summed E-state index contributed by atoms with van der Waals surface area (Å²) in [6, 6.07) is 7.54. The summed E-state index contributed by atoms with van der Waals surface area (Å²) in [5, 5.41) is 0. The zero-order chi connectivity index (χ0) is 22.8. The van der Waals surface area contributed by atoms with Gasteiger partial charge in [-0.25, -0.2) is 4.79 Å². The monoisotopic (exact) mass is 430 g/mol. The van der Waals surface area contributed by atoms with Gasteiger partial charge in [-0.2, -0.15) is 0 Å². The van der Waals surface area contributed by atoms with Crippen LogP contribution in [0.1, 0.15) is 57.9 Å². The van der Waals surface area contributed by atoms with Crippen LogP contribution in [0.2, 0.25) is 0 Å². The number of methoxy groups -OCH3 is 1. The van der Waals surface area contributed by atoms with Crippen molar-refractivity contribution in [2.24, 2.45) is 0 Å². The van der Waals surface area contributed by atoms with Gasteiger partial charge in [0.2, 0.25) is 5.91 Å². The molecular formula is C23H34N4O4. The fourth-order valence-electron chi connectivity index (χ4n) is 3.44. The molecular weight excluding hydrogens is 396 g/mol. The summed E-state index contributed by atoms with van der Waals surface area (Å²) < 4.78 is 6.52. The molecule has 0 saturated heterocycles. The van der Waals surface area contributed by atoms with Crippen molar-refractivity contribution in [1.29, 1.82) is 0 Å². The number of unbranched alkanes of at least 4 members (excludes halogenated alkanes) is 3. The highest BCUT2D eigenvalue weighted by atomic mass is 16.5. The summed E-state index contributed by atoms with van der Waals surface area (Å²) in [4.78, 5) is 41.8. The average Bonchev–Trinajstić information content (AvgIpc) is 2.76. The highest BCUT2D eigenvalue weighted by Gasteiger charge is 2.23. The maximum absolute atomic E-state index is 13.2.